The molecule has 0 unspecified atom stereocenters. The van der Waals surface area contributed by atoms with Crippen LogP contribution in [0.25, 0.3) is 0 Å². The number of piperazine rings is 1. The smallest absolute Gasteiger partial charge is 0.338 e. The summed E-state index contributed by atoms with van der Waals surface area (Å²) in [6, 6.07) is 7.76. The molecule has 4 nitrogen and oxygen atoms in total. The van der Waals surface area contributed by atoms with E-state index < -0.39 is 0 Å². The molecular weight excluding hydrogens is 240 g/mol. The Labute approximate surface area is 114 Å². The fourth-order valence-corrected chi connectivity index (χ4v) is 2.20. The minimum Gasteiger partial charge on any atom is -0.462 e. The molecule has 104 valence electrons. The van der Waals surface area contributed by atoms with Crippen LogP contribution in [-0.4, -0.2) is 43.7 Å². The van der Waals surface area contributed by atoms with Crippen molar-refractivity contribution in [3.8, 4) is 0 Å². The molecule has 2 rings (SSSR count). The van der Waals surface area contributed by atoms with Gasteiger partial charge in [-0.2, -0.15) is 0 Å². The zero-order valence-electron chi connectivity index (χ0n) is 11.5. The summed E-state index contributed by atoms with van der Waals surface area (Å²) in [5, 5.41) is 3.34. The van der Waals surface area contributed by atoms with Crippen LogP contribution in [0.2, 0.25) is 0 Å². The first-order chi connectivity index (χ1) is 9.29. The lowest BCUT2D eigenvalue weighted by Crippen LogP contribution is -2.42. The van der Waals surface area contributed by atoms with Crippen molar-refractivity contribution in [2.45, 2.75) is 19.9 Å². The maximum absolute atomic E-state index is 11.8. The number of rotatable bonds is 5. The lowest BCUT2D eigenvalue weighted by atomic mass is 10.1. The van der Waals surface area contributed by atoms with Gasteiger partial charge >= 0.3 is 5.97 Å². The summed E-state index contributed by atoms with van der Waals surface area (Å²) in [4.78, 5) is 14.2. The van der Waals surface area contributed by atoms with E-state index in [0.29, 0.717) is 12.2 Å². The summed E-state index contributed by atoms with van der Waals surface area (Å²) in [6.45, 7) is 7.58. The monoisotopic (exact) mass is 262 g/mol. The van der Waals surface area contributed by atoms with Gasteiger partial charge in [-0.25, -0.2) is 4.79 Å². The number of nitrogens with one attached hydrogen (secondary N) is 1. The number of carbonyl (C=O) groups is 1. The fraction of sp³-hybridized carbons (Fsp3) is 0.533. The molecule has 1 fully saturated rings. The highest BCUT2D eigenvalue weighted by atomic mass is 16.5. The number of hydrogen-bond acceptors (Lipinski definition) is 4. The molecule has 1 aliphatic rings. The van der Waals surface area contributed by atoms with E-state index in [0.717, 1.165) is 39.1 Å². The van der Waals surface area contributed by atoms with E-state index in [4.69, 9.17) is 4.74 Å². The molecule has 0 radical (unpaired) electrons. The summed E-state index contributed by atoms with van der Waals surface area (Å²) in [6.07, 6.45) is 0.853. The Kier molecular flexibility index (Phi) is 5.36. The van der Waals surface area contributed by atoms with Crippen LogP contribution in [0, 0.1) is 0 Å². The number of carbonyl (C=O) groups excluding carboxylic acids is 1. The van der Waals surface area contributed by atoms with Crippen LogP contribution in [-0.2, 0) is 11.3 Å². The van der Waals surface area contributed by atoms with E-state index in [1.165, 1.54) is 5.56 Å². The third-order valence-electron chi connectivity index (χ3n) is 3.22. The quantitative estimate of drug-likeness (QED) is 0.819. The molecule has 1 aliphatic heterocycles. The van der Waals surface area contributed by atoms with Crippen molar-refractivity contribution in [1.82, 2.24) is 10.2 Å². The van der Waals surface area contributed by atoms with Crippen LogP contribution >= 0.6 is 0 Å². The molecule has 0 saturated carbocycles. The van der Waals surface area contributed by atoms with E-state index in [2.05, 4.69) is 16.3 Å². The first kappa shape index (κ1) is 14.0. The molecule has 0 spiro atoms. The predicted octanol–water partition coefficient (Wildman–Crippen LogP) is 1.66. The molecule has 4 heteroatoms. The average Bonchev–Trinajstić information content (AvgIpc) is 2.46. The van der Waals surface area contributed by atoms with Gasteiger partial charge in [-0.1, -0.05) is 19.1 Å². The van der Waals surface area contributed by atoms with Gasteiger partial charge in [-0.15, -0.1) is 0 Å². The molecule has 1 heterocycles. The van der Waals surface area contributed by atoms with Crippen LogP contribution in [0.1, 0.15) is 29.3 Å². The van der Waals surface area contributed by atoms with Gasteiger partial charge in [0.15, 0.2) is 0 Å². The first-order valence-electron chi connectivity index (χ1n) is 6.98. The van der Waals surface area contributed by atoms with Crippen molar-refractivity contribution >= 4 is 5.97 Å². The summed E-state index contributed by atoms with van der Waals surface area (Å²) in [5.41, 5.74) is 1.83. The van der Waals surface area contributed by atoms with Crippen molar-refractivity contribution in [3.63, 3.8) is 0 Å². The minimum atomic E-state index is -0.219. The summed E-state index contributed by atoms with van der Waals surface area (Å²) in [7, 11) is 0. The van der Waals surface area contributed by atoms with Gasteiger partial charge in [0.05, 0.1) is 12.2 Å². The van der Waals surface area contributed by atoms with Crippen molar-refractivity contribution < 1.29 is 9.53 Å². The molecule has 0 aromatic heterocycles. The largest absolute Gasteiger partial charge is 0.462 e. The Hall–Kier alpha value is -1.39. The molecule has 0 atom stereocenters. The third-order valence-corrected chi connectivity index (χ3v) is 3.22. The van der Waals surface area contributed by atoms with E-state index in [-0.39, 0.29) is 5.97 Å². The van der Waals surface area contributed by atoms with Gasteiger partial charge in [-0.3, -0.25) is 4.90 Å². The van der Waals surface area contributed by atoms with Gasteiger partial charge in [0.2, 0.25) is 0 Å². The molecule has 1 aromatic carbocycles. The summed E-state index contributed by atoms with van der Waals surface area (Å²) < 4.78 is 5.16. The molecule has 1 N–H and O–H groups in total. The van der Waals surface area contributed by atoms with Gasteiger partial charge in [0, 0.05) is 32.7 Å². The third kappa shape index (κ3) is 4.33. The van der Waals surface area contributed by atoms with Crippen molar-refractivity contribution in [2.24, 2.45) is 0 Å². The van der Waals surface area contributed by atoms with E-state index >= 15 is 0 Å². The number of esters is 1. The van der Waals surface area contributed by atoms with Gasteiger partial charge in [-0.05, 0) is 24.1 Å². The second-order valence-electron chi connectivity index (χ2n) is 4.86. The van der Waals surface area contributed by atoms with Crippen molar-refractivity contribution in [3.05, 3.63) is 35.4 Å². The maximum atomic E-state index is 11.8. The average molecular weight is 262 g/mol. The van der Waals surface area contributed by atoms with Crippen LogP contribution in [0.15, 0.2) is 24.3 Å². The fourth-order valence-electron chi connectivity index (χ4n) is 2.20. The van der Waals surface area contributed by atoms with Crippen LogP contribution in [0.3, 0.4) is 0 Å². The van der Waals surface area contributed by atoms with Gasteiger partial charge < -0.3 is 10.1 Å². The lowest BCUT2D eigenvalue weighted by Gasteiger charge is -2.27. The number of nitrogens with zero attached hydrogens (tertiary/aromatic N) is 1. The van der Waals surface area contributed by atoms with Crippen molar-refractivity contribution in [2.75, 3.05) is 32.8 Å². The SMILES string of the molecule is CCCOC(=O)c1cccc(CN2CCNCC2)c1. The first-order valence-corrected chi connectivity index (χ1v) is 6.98. The molecule has 1 aromatic rings. The normalized spacial score (nSPS) is 16.3. The van der Waals surface area contributed by atoms with E-state index in [9.17, 15) is 4.79 Å². The highest BCUT2D eigenvalue weighted by molar-refractivity contribution is 5.89. The Morgan fingerprint density at radius 1 is 1.37 bits per heavy atom. The van der Waals surface area contributed by atoms with E-state index in [1.807, 2.05) is 25.1 Å². The summed E-state index contributed by atoms with van der Waals surface area (Å²) >= 11 is 0. The zero-order valence-corrected chi connectivity index (χ0v) is 11.5. The molecule has 1 saturated heterocycles. The van der Waals surface area contributed by atoms with Crippen molar-refractivity contribution in [1.29, 1.82) is 0 Å². The molecule has 19 heavy (non-hydrogen) atoms. The van der Waals surface area contributed by atoms with E-state index in [1.54, 1.807) is 0 Å². The Bertz CT molecular complexity index is 414. The Morgan fingerprint density at radius 2 is 2.16 bits per heavy atom. The zero-order chi connectivity index (χ0) is 13.5. The van der Waals surface area contributed by atoms with Crippen LogP contribution in [0.4, 0.5) is 0 Å². The molecule has 0 amide bonds. The highest BCUT2D eigenvalue weighted by Gasteiger charge is 2.12. The number of ether oxygens (including phenoxy) is 1. The number of benzene rings is 1. The Balaban J connectivity index is 1.95. The van der Waals surface area contributed by atoms with Gasteiger partial charge in [0.1, 0.15) is 0 Å². The minimum absolute atomic E-state index is 0.219. The van der Waals surface area contributed by atoms with Gasteiger partial charge in [0.25, 0.3) is 0 Å². The second kappa shape index (κ2) is 7.26. The highest BCUT2D eigenvalue weighted by Crippen LogP contribution is 2.10. The predicted molar refractivity (Wildman–Crippen MR) is 75.2 cm³/mol. The van der Waals surface area contributed by atoms with Crippen LogP contribution < -0.4 is 5.32 Å². The lowest BCUT2D eigenvalue weighted by molar-refractivity contribution is 0.0505. The molecule has 0 bridgehead atoms. The number of hydrogen-bond donors (Lipinski definition) is 1. The maximum Gasteiger partial charge on any atom is 0.338 e. The molecular formula is C15H22N2O2. The molecule has 0 aliphatic carbocycles. The topological polar surface area (TPSA) is 41.6 Å². The van der Waals surface area contributed by atoms with Crippen LogP contribution in [0.5, 0.6) is 0 Å². The standard InChI is InChI=1S/C15H22N2O2/c1-2-10-19-15(18)14-5-3-4-13(11-14)12-17-8-6-16-7-9-17/h3-5,11,16H,2,6-10,12H2,1H3. The second-order valence-corrected chi connectivity index (χ2v) is 4.86. The summed E-state index contributed by atoms with van der Waals surface area (Å²) in [5.74, 6) is -0.219. The Morgan fingerprint density at radius 3 is 2.89 bits per heavy atom.